The molecule has 0 aliphatic carbocycles. The van der Waals surface area contributed by atoms with E-state index in [1.165, 1.54) is 0 Å². The molecule has 0 aromatic heterocycles. The molecule has 76 valence electrons. The van der Waals surface area contributed by atoms with Crippen molar-refractivity contribution in [2.75, 3.05) is 39.5 Å². The monoisotopic (exact) mass is 185 g/mol. The number of hydrogen-bond acceptors (Lipinski definition) is 3. The average molecular weight is 185 g/mol. The number of rotatable bonds is 2. The standard InChI is InChI=1S/C10H19NO2/c1-2-11-3-8-6-13-7-9(4-11)10(8)5-12/h8-10,12H,2-7H2,1H3. The second-order valence-electron chi connectivity index (χ2n) is 4.26. The maximum Gasteiger partial charge on any atom is 0.0510 e. The van der Waals surface area contributed by atoms with Crippen molar-refractivity contribution in [2.24, 2.45) is 17.8 Å². The van der Waals surface area contributed by atoms with Gasteiger partial charge in [-0.25, -0.2) is 0 Å². The molecule has 2 unspecified atom stereocenters. The Hall–Kier alpha value is -0.120. The highest BCUT2D eigenvalue weighted by atomic mass is 16.5. The highest BCUT2D eigenvalue weighted by molar-refractivity contribution is 4.88. The molecular weight excluding hydrogens is 166 g/mol. The first kappa shape index (κ1) is 9.44. The minimum Gasteiger partial charge on any atom is -0.396 e. The Kier molecular flexibility index (Phi) is 2.86. The maximum atomic E-state index is 9.28. The SMILES string of the molecule is CCN1CC2COCC(C1)C2CO. The third kappa shape index (κ3) is 1.73. The topological polar surface area (TPSA) is 32.7 Å². The number of aliphatic hydroxyl groups is 1. The van der Waals surface area contributed by atoms with E-state index in [4.69, 9.17) is 4.74 Å². The lowest BCUT2D eigenvalue weighted by Gasteiger charge is -2.46. The van der Waals surface area contributed by atoms with E-state index >= 15 is 0 Å². The Morgan fingerprint density at radius 3 is 2.38 bits per heavy atom. The number of fused-ring (bicyclic) bond motifs is 2. The molecule has 3 heteroatoms. The zero-order valence-electron chi connectivity index (χ0n) is 8.28. The summed E-state index contributed by atoms with van der Waals surface area (Å²) in [5, 5.41) is 9.28. The summed E-state index contributed by atoms with van der Waals surface area (Å²) in [5.74, 6) is 1.63. The molecule has 1 N–H and O–H groups in total. The van der Waals surface area contributed by atoms with Crippen LogP contribution in [0.25, 0.3) is 0 Å². The van der Waals surface area contributed by atoms with Gasteiger partial charge < -0.3 is 14.7 Å². The zero-order chi connectivity index (χ0) is 9.26. The summed E-state index contributed by atoms with van der Waals surface area (Å²) in [4.78, 5) is 2.48. The third-order valence-electron chi connectivity index (χ3n) is 3.52. The van der Waals surface area contributed by atoms with Crippen LogP contribution in [0.5, 0.6) is 0 Å². The molecule has 2 bridgehead atoms. The summed E-state index contributed by atoms with van der Waals surface area (Å²) < 4.78 is 5.52. The van der Waals surface area contributed by atoms with Gasteiger partial charge in [-0.2, -0.15) is 0 Å². The highest BCUT2D eigenvalue weighted by Gasteiger charge is 2.39. The fourth-order valence-corrected chi connectivity index (χ4v) is 2.67. The normalized spacial score (nSPS) is 40.6. The van der Waals surface area contributed by atoms with Crippen molar-refractivity contribution >= 4 is 0 Å². The van der Waals surface area contributed by atoms with Crippen LogP contribution in [-0.2, 0) is 4.74 Å². The lowest BCUT2D eigenvalue weighted by atomic mass is 9.77. The number of nitrogens with zero attached hydrogens (tertiary/aromatic N) is 1. The molecule has 2 rings (SSSR count). The van der Waals surface area contributed by atoms with Crippen LogP contribution in [0.3, 0.4) is 0 Å². The van der Waals surface area contributed by atoms with Crippen LogP contribution in [0.2, 0.25) is 0 Å². The van der Waals surface area contributed by atoms with Gasteiger partial charge in [0.2, 0.25) is 0 Å². The molecule has 0 amide bonds. The van der Waals surface area contributed by atoms with E-state index in [-0.39, 0.29) is 0 Å². The van der Waals surface area contributed by atoms with Crippen LogP contribution in [0.1, 0.15) is 6.92 Å². The Labute approximate surface area is 79.7 Å². The highest BCUT2D eigenvalue weighted by Crippen LogP contribution is 2.32. The summed E-state index contributed by atoms with van der Waals surface area (Å²) >= 11 is 0. The fraction of sp³-hybridized carbons (Fsp3) is 1.00. The lowest BCUT2D eigenvalue weighted by molar-refractivity contribution is -0.0959. The first-order valence-electron chi connectivity index (χ1n) is 5.26. The molecule has 3 nitrogen and oxygen atoms in total. The van der Waals surface area contributed by atoms with Crippen LogP contribution in [-0.4, -0.2) is 49.5 Å². The number of likely N-dealkylation sites (tertiary alicyclic amines) is 1. The molecule has 2 heterocycles. The van der Waals surface area contributed by atoms with Crippen molar-refractivity contribution in [3.05, 3.63) is 0 Å². The molecule has 2 atom stereocenters. The predicted molar refractivity (Wildman–Crippen MR) is 50.5 cm³/mol. The lowest BCUT2D eigenvalue weighted by Crippen LogP contribution is -2.53. The number of hydrogen-bond donors (Lipinski definition) is 1. The molecular formula is C10H19NO2. The van der Waals surface area contributed by atoms with Crippen LogP contribution < -0.4 is 0 Å². The largest absolute Gasteiger partial charge is 0.396 e. The smallest absolute Gasteiger partial charge is 0.0510 e. The molecule has 13 heavy (non-hydrogen) atoms. The van der Waals surface area contributed by atoms with Gasteiger partial charge in [0.1, 0.15) is 0 Å². The van der Waals surface area contributed by atoms with Crippen molar-refractivity contribution < 1.29 is 9.84 Å². The molecule has 0 spiro atoms. The Morgan fingerprint density at radius 1 is 1.31 bits per heavy atom. The Balaban J connectivity index is 2.03. The van der Waals surface area contributed by atoms with E-state index in [9.17, 15) is 5.11 Å². The number of piperidine rings is 1. The van der Waals surface area contributed by atoms with Gasteiger partial charge in [-0.05, 0) is 12.5 Å². The third-order valence-corrected chi connectivity index (χ3v) is 3.52. The van der Waals surface area contributed by atoms with Gasteiger partial charge in [0, 0.05) is 31.5 Å². The predicted octanol–water partition coefficient (Wildman–Crippen LogP) is 0.193. The van der Waals surface area contributed by atoms with Crippen molar-refractivity contribution in [1.29, 1.82) is 0 Å². The number of ether oxygens (including phenoxy) is 1. The maximum absolute atomic E-state index is 9.28. The van der Waals surface area contributed by atoms with E-state index in [1.54, 1.807) is 0 Å². The minimum absolute atomic E-state index is 0.343. The summed E-state index contributed by atoms with van der Waals surface area (Å²) in [7, 11) is 0. The molecule has 2 aliphatic heterocycles. The van der Waals surface area contributed by atoms with E-state index in [1.807, 2.05) is 0 Å². The summed E-state index contributed by atoms with van der Waals surface area (Å²) in [6.45, 7) is 7.59. The van der Waals surface area contributed by atoms with Gasteiger partial charge in [-0.1, -0.05) is 6.92 Å². The van der Waals surface area contributed by atoms with E-state index in [0.717, 1.165) is 32.8 Å². The van der Waals surface area contributed by atoms with E-state index < -0.39 is 0 Å². The van der Waals surface area contributed by atoms with Crippen molar-refractivity contribution in [3.8, 4) is 0 Å². The van der Waals surface area contributed by atoms with Crippen LogP contribution in [0.4, 0.5) is 0 Å². The van der Waals surface area contributed by atoms with Gasteiger partial charge in [-0.3, -0.25) is 0 Å². The molecule has 0 aromatic rings. The van der Waals surface area contributed by atoms with Crippen LogP contribution >= 0.6 is 0 Å². The molecule has 2 saturated heterocycles. The zero-order valence-corrected chi connectivity index (χ0v) is 8.28. The van der Waals surface area contributed by atoms with Crippen molar-refractivity contribution in [3.63, 3.8) is 0 Å². The summed E-state index contributed by atoms with van der Waals surface area (Å²) in [6.07, 6.45) is 0. The first-order chi connectivity index (χ1) is 6.35. The second-order valence-corrected chi connectivity index (χ2v) is 4.26. The van der Waals surface area contributed by atoms with Gasteiger partial charge in [0.15, 0.2) is 0 Å². The molecule has 0 radical (unpaired) electrons. The minimum atomic E-state index is 0.343. The first-order valence-corrected chi connectivity index (χ1v) is 5.26. The summed E-state index contributed by atoms with van der Waals surface area (Å²) in [6, 6.07) is 0. The Morgan fingerprint density at radius 2 is 1.92 bits per heavy atom. The second kappa shape index (κ2) is 3.95. The van der Waals surface area contributed by atoms with Gasteiger partial charge >= 0.3 is 0 Å². The Bertz CT molecular complexity index is 160. The quantitative estimate of drug-likeness (QED) is 0.667. The van der Waals surface area contributed by atoms with Gasteiger partial charge in [-0.15, -0.1) is 0 Å². The van der Waals surface area contributed by atoms with E-state index in [0.29, 0.717) is 24.4 Å². The van der Waals surface area contributed by atoms with Crippen molar-refractivity contribution in [2.45, 2.75) is 6.92 Å². The average Bonchev–Trinajstić information content (AvgIpc) is 2.15. The summed E-state index contributed by atoms with van der Waals surface area (Å²) in [5.41, 5.74) is 0. The van der Waals surface area contributed by atoms with Crippen LogP contribution in [0.15, 0.2) is 0 Å². The van der Waals surface area contributed by atoms with Gasteiger partial charge in [0.25, 0.3) is 0 Å². The molecule has 2 aliphatic rings. The fourth-order valence-electron chi connectivity index (χ4n) is 2.67. The molecule has 2 fully saturated rings. The van der Waals surface area contributed by atoms with Crippen molar-refractivity contribution in [1.82, 2.24) is 4.90 Å². The molecule has 0 saturated carbocycles. The van der Waals surface area contributed by atoms with Crippen LogP contribution in [0, 0.1) is 17.8 Å². The number of aliphatic hydroxyl groups excluding tert-OH is 1. The molecule has 0 aromatic carbocycles. The van der Waals surface area contributed by atoms with E-state index in [2.05, 4.69) is 11.8 Å². The van der Waals surface area contributed by atoms with Gasteiger partial charge in [0.05, 0.1) is 13.2 Å².